The summed E-state index contributed by atoms with van der Waals surface area (Å²) in [5.74, 6) is -1.51. The van der Waals surface area contributed by atoms with E-state index < -0.39 is 5.97 Å². The van der Waals surface area contributed by atoms with Crippen molar-refractivity contribution in [3.8, 4) is 22.8 Å². The predicted octanol–water partition coefficient (Wildman–Crippen LogP) is 5.12. The van der Waals surface area contributed by atoms with Gasteiger partial charge < -0.3 is 24.2 Å². The summed E-state index contributed by atoms with van der Waals surface area (Å²) in [6, 6.07) is 13.5. The molecule has 0 bridgehead atoms. The van der Waals surface area contributed by atoms with Gasteiger partial charge >= 0.3 is 5.97 Å². The van der Waals surface area contributed by atoms with Crippen LogP contribution in [0, 0.1) is 6.92 Å². The van der Waals surface area contributed by atoms with Gasteiger partial charge in [-0.15, -0.1) is 10.2 Å². The van der Waals surface area contributed by atoms with Gasteiger partial charge in [0.2, 0.25) is 5.76 Å². The van der Waals surface area contributed by atoms with Crippen LogP contribution in [0.25, 0.3) is 17.0 Å². The summed E-state index contributed by atoms with van der Waals surface area (Å²) in [7, 11) is 6.16. The highest BCUT2D eigenvalue weighted by Gasteiger charge is 2.17. The number of fused-ring (bicyclic) bond motifs is 1. The zero-order chi connectivity index (χ0) is 29.7. The van der Waals surface area contributed by atoms with Gasteiger partial charge in [0.1, 0.15) is 18.0 Å². The van der Waals surface area contributed by atoms with E-state index in [0.29, 0.717) is 5.69 Å². The molecule has 0 atom stereocenters. The minimum absolute atomic E-state index is 0.117. The molecular weight excluding hydrogens is 526 g/mol. The fourth-order valence-corrected chi connectivity index (χ4v) is 4.51. The summed E-state index contributed by atoms with van der Waals surface area (Å²) >= 11 is 0. The second-order valence-electron chi connectivity index (χ2n) is 11.0. The summed E-state index contributed by atoms with van der Waals surface area (Å²) in [5.41, 5.74) is 4.04. The van der Waals surface area contributed by atoms with Crippen LogP contribution in [-0.4, -0.2) is 69.8 Å². The first-order valence-electron chi connectivity index (χ1n) is 13.4. The van der Waals surface area contributed by atoms with Crippen LogP contribution in [0.15, 0.2) is 68.0 Å². The SMILES string of the molecule is C[N+](C)(C)CCO.Cc1[nH]n(-c2ccc3c(c2)CCCC3)c(=O)c1N=Nc1cccc(-c2ccc(C(=O)O)o2)c1O. The molecule has 1 aliphatic rings. The zero-order valence-corrected chi connectivity index (χ0v) is 23.7. The largest absolute Gasteiger partial charge is 0.505 e. The van der Waals surface area contributed by atoms with Gasteiger partial charge in [0.15, 0.2) is 11.4 Å². The number of furan rings is 1. The predicted molar refractivity (Wildman–Crippen MR) is 155 cm³/mol. The van der Waals surface area contributed by atoms with E-state index >= 15 is 0 Å². The van der Waals surface area contributed by atoms with E-state index in [1.807, 2.05) is 12.1 Å². The van der Waals surface area contributed by atoms with Crippen molar-refractivity contribution < 1.29 is 29.0 Å². The number of nitrogens with zero attached hydrogens (tertiary/aromatic N) is 4. The molecule has 0 spiro atoms. The number of likely N-dealkylation sites (N-methyl/N-ethyl adjacent to an activating group) is 1. The number of quaternary nitrogens is 1. The standard InChI is InChI=1S/C25H22N4O5.C5H14NO/c1-14-22(24(31)29(28-14)17-10-9-15-5-2-3-6-16(15)13-17)27-26-19-8-4-7-18(23(19)30)20-11-12-21(34-20)25(32)33;1-6(2,3)4-5-7/h4,7-13,28,30H,2-3,5-6H2,1H3,(H,32,33);7H,4-5H2,1-3H3/q;+1. The van der Waals surface area contributed by atoms with Crippen LogP contribution in [0.3, 0.4) is 0 Å². The van der Waals surface area contributed by atoms with E-state index in [1.54, 1.807) is 19.1 Å². The van der Waals surface area contributed by atoms with E-state index in [4.69, 9.17) is 14.6 Å². The molecule has 0 radical (unpaired) electrons. The number of aromatic hydroxyl groups is 1. The average Bonchev–Trinajstić information content (AvgIpc) is 3.52. The van der Waals surface area contributed by atoms with E-state index in [0.717, 1.165) is 36.0 Å². The topological polar surface area (TPSA) is 153 Å². The van der Waals surface area contributed by atoms with Gasteiger partial charge in [-0.05, 0) is 80.1 Å². The minimum atomic E-state index is -1.21. The summed E-state index contributed by atoms with van der Waals surface area (Å²) in [4.78, 5) is 24.1. The van der Waals surface area contributed by atoms with Crippen LogP contribution in [0.4, 0.5) is 11.4 Å². The highest BCUT2D eigenvalue weighted by molar-refractivity contribution is 5.85. The number of carboxylic acids is 1. The number of hydrogen-bond acceptors (Lipinski definition) is 7. The average molecular weight is 563 g/mol. The van der Waals surface area contributed by atoms with Crippen LogP contribution in [0.2, 0.25) is 0 Å². The van der Waals surface area contributed by atoms with Crippen LogP contribution >= 0.6 is 0 Å². The number of azo groups is 1. The molecule has 0 unspecified atom stereocenters. The van der Waals surface area contributed by atoms with Gasteiger partial charge in [-0.1, -0.05) is 12.1 Å². The first kappa shape index (κ1) is 29.5. The molecule has 0 fully saturated rings. The molecule has 2 aromatic heterocycles. The third-order valence-corrected chi connectivity index (χ3v) is 6.76. The number of aromatic amines is 1. The first-order valence-corrected chi connectivity index (χ1v) is 13.4. The Hall–Kier alpha value is -4.48. The summed E-state index contributed by atoms with van der Waals surface area (Å²) in [6.45, 7) is 2.85. The molecule has 216 valence electrons. The first-order chi connectivity index (χ1) is 19.5. The number of aromatic carboxylic acids is 1. The van der Waals surface area contributed by atoms with Crippen LogP contribution in [-0.2, 0) is 12.8 Å². The molecule has 11 heteroatoms. The highest BCUT2D eigenvalue weighted by Crippen LogP contribution is 2.38. The van der Waals surface area contributed by atoms with Crippen molar-refractivity contribution in [1.82, 2.24) is 9.78 Å². The molecule has 5 rings (SSSR count). The number of phenols is 1. The number of nitrogens with one attached hydrogen (secondary N) is 1. The Labute approximate surface area is 237 Å². The van der Waals surface area contributed by atoms with Crippen LogP contribution in [0.1, 0.15) is 40.2 Å². The lowest BCUT2D eigenvalue weighted by molar-refractivity contribution is -0.870. The van der Waals surface area contributed by atoms with Gasteiger partial charge in [0.05, 0.1) is 44.7 Å². The summed E-state index contributed by atoms with van der Waals surface area (Å²) in [5, 5.41) is 39.3. The molecule has 0 saturated carbocycles. The van der Waals surface area contributed by atoms with E-state index in [9.17, 15) is 14.7 Å². The van der Waals surface area contributed by atoms with Crippen molar-refractivity contribution >= 4 is 17.3 Å². The molecule has 2 heterocycles. The maximum absolute atomic E-state index is 13.1. The number of aliphatic hydroxyl groups excluding tert-OH is 1. The number of rotatable bonds is 7. The molecule has 0 aliphatic heterocycles. The van der Waals surface area contributed by atoms with E-state index in [2.05, 4.69) is 42.5 Å². The fourth-order valence-electron chi connectivity index (χ4n) is 4.51. The number of aryl methyl sites for hydroxylation is 3. The fraction of sp³-hybridized carbons (Fsp3) is 0.333. The Morgan fingerprint density at radius 3 is 2.41 bits per heavy atom. The molecule has 4 N–H and O–H groups in total. The molecule has 4 aromatic rings. The lowest BCUT2D eigenvalue weighted by Crippen LogP contribution is -2.36. The number of H-pyrrole nitrogens is 1. The number of carbonyl (C=O) groups is 1. The Morgan fingerprint density at radius 1 is 1.05 bits per heavy atom. The normalized spacial score (nSPS) is 13.1. The number of carboxylic acid groups (broad SMARTS) is 1. The monoisotopic (exact) mass is 562 g/mol. The van der Waals surface area contributed by atoms with Crippen LogP contribution in [0.5, 0.6) is 5.75 Å². The maximum atomic E-state index is 13.1. The van der Waals surface area contributed by atoms with Crippen molar-refractivity contribution in [2.75, 3.05) is 34.3 Å². The van der Waals surface area contributed by atoms with Crippen molar-refractivity contribution in [1.29, 1.82) is 0 Å². The number of hydrogen-bond donors (Lipinski definition) is 4. The van der Waals surface area contributed by atoms with Crippen molar-refractivity contribution in [3.63, 3.8) is 0 Å². The quantitative estimate of drug-likeness (QED) is 0.181. The smallest absolute Gasteiger partial charge is 0.371 e. The van der Waals surface area contributed by atoms with Crippen molar-refractivity contribution in [3.05, 3.63) is 81.5 Å². The lowest BCUT2D eigenvalue weighted by atomic mass is 9.91. The number of phenolic OH excluding ortho intramolecular Hbond substituents is 1. The molecule has 1 aliphatic carbocycles. The van der Waals surface area contributed by atoms with Gasteiger partial charge in [-0.3, -0.25) is 9.89 Å². The number of para-hydroxylation sites is 1. The Bertz CT molecular complexity index is 1620. The third-order valence-electron chi connectivity index (χ3n) is 6.76. The van der Waals surface area contributed by atoms with Gasteiger partial charge in [0, 0.05) is 0 Å². The Kier molecular flexibility index (Phi) is 8.89. The summed E-state index contributed by atoms with van der Waals surface area (Å²) < 4.78 is 7.56. The third kappa shape index (κ3) is 7.00. The van der Waals surface area contributed by atoms with Gasteiger partial charge in [0.25, 0.3) is 5.56 Å². The minimum Gasteiger partial charge on any atom is -0.505 e. The number of benzene rings is 2. The summed E-state index contributed by atoms with van der Waals surface area (Å²) in [6.07, 6.45) is 4.40. The van der Waals surface area contributed by atoms with Crippen molar-refractivity contribution in [2.24, 2.45) is 10.2 Å². The van der Waals surface area contributed by atoms with Crippen LogP contribution < -0.4 is 5.56 Å². The molecule has 0 amide bonds. The Morgan fingerprint density at radius 2 is 1.78 bits per heavy atom. The maximum Gasteiger partial charge on any atom is 0.371 e. The molecule has 0 saturated heterocycles. The van der Waals surface area contributed by atoms with Gasteiger partial charge in [-0.2, -0.15) is 0 Å². The van der Waals surface area contributed by atoms with Gasteiger partial charge in [-0.25, -0.2) is 9.48 Å². The second-order valence-corrected chi connectivity index (χ2v) is 11.0. The zero-order valence-electron chi connectivity index (χ0n) is 23.7. The molecule has 41 heavy (non-hydrogen) atoms. The van der Waals surface area contributed by atoms with E-state index in [-0.39, 0.29) is 46.4 Å². The highest BCUT2D eigenvalue weighted by atomic mass is 16.4. The molecule has 11 nitrogen and oxygen atoms in total. The van der Waals surface area contributed by atoms with E-state index in [1.165, 1.54) is 40.4 Å². The molecular formula is C30H36N5O6+. The second kappa shape index (κ2) is 12.4. The number of aliphatic hydroxyl groups is 1. The number of aromatic nitrogens is 2. The molecule has 2 aromatic carbocycles. The Balaban J connectivity index is 0.000000493. The lowest BCUT2D eigenvalue weighted by Gasteiger charge is -2.21. The van der Waals surface area contributed by atoms with Crippen molar-refractivity contribution in [2.45, 2.75) is 32.6 Å².